The molecule has 41 heavy (non-hydrogen) atoms. The second-order valence-corrected chi connectivity index (χ2v) is 11.2. The van der Waals surface area contributed by atoms with E-state index in [-0.39, 0.29) is 30.8 Å². The van der Waals surface area contributed by atoms with Gasteiger partial charge in [0.05, 0.1) is 33.2 Å². The smallest absolute Gasteiger partial charge is 0.422 e. The van der Waals surface area contributed by atoms with E-state index in [0.29, 0.717) is 20.8 Å². The van der Waals surface area contributed by atoms with Crippen LogP contribution in [0, 0.1) is 0 Å². The third-order valence-corrected chi connectivity index (χ3v) is 6.23. The third kappa shape index (κ3) is 9.02. The van der Waals surface area contributed by atoms with Gasteiger partial charge in [0.15, 0.2) is 6.61 Å². The zero-order chi connectivity index (χ0) is 29.8. The number of ketones is 1. The van der Waals surface area contributed by atoms with Gasteiger partial charge in [0.2, 0.25) is 17.7 Å². The fraction of sp³-hybridized carbons (Fsp3) is 0.370. The molecule has 1 saturated carbocycles. The number of ether oxygens (including phenoxy) is 1. The first kappa shape index (κ1) is 30.0. The lowest BCUT2D eigenvalue weighted by Crippen LogP contribution is -2.43. The Bertz CT molecular complexity index is 1390. The Morgan fingerprint density at radius 1 is 0.976 bits per heavy atom. The number of nitrogens with zero attached hydrogens (tertiary/aromatic N) is 4. The lowest BCUT2D eigenvalue weighted by molar-refractivity contribution is -0.862. The molecule has 0 saturated heterocycles. The number of alkyl halides is 3. The highest BCUT2D eigenvalue weighted by molar-refractivity contribution is 6.30. The molecule has 218 valence electrons. The molecule has 0 spiro atoms. The van der Waals surface area contributed by atoms with Gasteiger partial charge in [0, 0.05) is 16.3 Å². The molecule has 1 heterocycles. The molecule has 0 atom stereocenters. The number of nitrogens with one attached hydrogen (secondary N) is 3. The molecular weight excluding hydrogens is 563 g/mol. The maximum absolute atomic E-state index is 12.8. The highest BCUT2D eigenvalue weighted by Crippen LogP contribution is 2.48. The van der Waals surface area contributed by atoms with Crippen LogP contribution in [0.25, 0.3) is 0 Å². The molecule has 1 aliphatic carbocycles. The lowest BCUT2D eigenvalue weighted by Gasteiger charge is -2.22. The number of benzene rings is 2. The molecule has 1 fully saturated rings. The van der Waals surface area contributed by atoms with Crippen molar-refractivity contribution in [1.82, 2.24) is 20.3 Å². The summed E-state index contributed by atoms with van der Waals surface area (Å²) in [5.74, 6) is -0.551. The molecule has 0 radical (unpaired) electrons. The third-order valence-electron chi connectivity index (χ3n) is 5.98. The van der Waals surface area contributed by atoms with Crippen LogP contribution in [-0.4, -0.2) is 78.1 Å². The van der Waals surface area contributed by atoms with Gasteiger partial charge in [0.1, 0.15) is 6.54 Å². The average molecular weight is 593 g/mol. The van der Waals surface area contributed by atoms with Crippen molar-refractivity contribution in [1.29, 1.82) is 0 Å². The first-order valence-electron chi connectivity index (χ1n) is 12.7. The van der Waals surface area contributed by atoms with Crippen LogP contribution in [0.3, 0.4) is 0 Å². The normalized spacial score (nSPS) is 14.2. The lowest BCUT2D eigenvalue weighted by atomic mass is 10.1. The molecule has 3 aromatic rings. The van der Waals surface area contributed by atoms with Crippen LogP contribution in [0.15, 0.2) is 48.5 Å². The quantitative estimate of drug-likeness (QED) is 0.266. The number of quaternary nitrogens is 1. The Kier molecular flexibility index (Phi) is 8.69. The van der Waals surface area contributed by atoms with Crippen molar-refractivity contribution in [2.24, 2.45) is 0 Å². The van der Waals surface area contributed by atoms with Crippen molar-refractivity contribution in [3.05, 3.63) is 64.7 Å². The Balaban J connectivity index is 1.47. The van der Waals surface area contributed by atoms with Gasteiger partial charge < -0.3 is 25.2 Å². The van der Waals surface area contributed by atoms with E-state index >= 15 is 0 Å². The molecule has 0 unspecified atom stereocenters. The van der Waals surface area contributed by atoms with E-state index in [0.717, 1.165) is 18.4 Å². The van der Waals surface area contributed by atoms with Crippen molar-refractivity contribution >= 4 is 40.9 Å². The first-order valence-corrected chi connectivity index (χ1v) is 13.0. The molecule has 0 bridgehead atoms. The maximum atomic E-state index is 12.8. The standard InChI is InChI=1S/C27H29ClF3N7O3/c1-38(2,3)15-21(39)14-32-22(40)17-4-10-20(11-5-17)33-23-34-24(36-25(35-23)41-16-27(29,30)31)37-26(12-13-26)18-6-8-19(28)9-7-18/h4-11H,12-16H2,1-3H3,(H2-,32,33,34,35,36,37,40)/p+1. The number of hydrogen-bond acceptors (Lipinski definition) is 8. The highest BCUT2D eigenvalue weighted by atomic mass is 35.5. The predicted molar refractivity (Wildman–Crippen MR) is 147 cm³/mol. The number of aromatic nitrogens is 3. The number of amides is 1. The SMILES string of the molecule is C[N+](C)(C)CC(=O)CNC(=O)c1ccc(Nc2nc(NC3(c4ccc(Cl)cc4)CC3)nc(OCC(F)(F)F)n2)cc1. The molecule has 14 heteroatoms. The fourth-order valence-electron chi connectivity index (χ4n) is 3.97. The predicted octanol–water partition coefficient (Wildman–Crippen LogP) is 4.32. The summed E-state index contributed by atoms with van der Waals surface area (Å²) in [7, 11) is 5.64. The molecule has 1 aromatic heterocycles. The second-order valence-electron chi connectivity index (χ2n) is 10.8. The molecule has 3 N–H and O–H groups in total. The summed E-state index contributed by atoms with van der Waals surface area (Å²) in [6.07, 6.45) is -3.07. The van der Waals surface area contributed by atoms with Crippen molar-refractivity contribution in [3.63, 3.8) is 0 Å². The molecule has 1 aliphatic rings. The Morgan fingerprint density at radius 2 is 1.61 bits per heavy atom. The summed E-state index contributed by atoms with van der Waals surface area (Å²) in [6.45, 7) is -1.38. The minimum Gasteiger partial charge on any atom is -0.454 e. The number of carbonyl (C=O) groups excluding carboxylic acids is 2. The van der Waals surface area contributed by atoms with Gasteiger partial charge in [-0.15, -0.1) is 0 Å². The van der Waals surface area contributed by atoms with E-state index in [2.05, 4.69) is 30.9 Å². The van der Waals surface area contributed by atoms with Gasteiger partial charge in [-0.3, -0.25) is 9.59 Å². The van der Waals surface area contributed by atoms with E-state index in [9.17, 15) is 22.8 Å². The number of halogens is 4. The number of anilines is 3. The van der Waals surface area contributed by atoms with Gasteiger partial charge in [0.25, 0.3) is 5.91 Å². The average Bonchev–Trinajstić information content (AvgIpc) is 3.66. The number of Topliss-reactive ketones (excluding diaryl/α,β-unsaturated/α-hetero) is 1. The van der Waals surface area contributed by atoms with Crippen LogP contribution in [0.1, 0.15) is 28.8 Å². The van der Waals surface area contributed by atoms with Crippen LogP contribution in [0.2, 0.25) is 5.02 Å². The molecule has 2 aromatic carbocycles. The number of rotatable bonds is 12. The van der Waals surface area contributed by atoms with Gasteiger partial charge in [-0.2, -0.15) is 28.1 Å². The second kappa shape index (κ2) is 11.9. The van der Waals surface area contributed by atoms with Crippen LogP contribution < -0.4 is 20.7 Å². The van der Waals surface area contributed by atoms with Gasteiger partial charge in [-0.1, -0.05) is 23.7 Å². The number of hydrogen-bond donors (Lipinski definition) is 3. The molecule has 1 amide bonds. The summed E-state index contributed by atoms with van der Waals surface area (Å²) in [5, 5.41) is 9.29. The van der Waals surface area contributed by atoms with E-state index in [1.807, 2.05) is 33.3 Å². The minimum atomic E-state index is -4.58. The Labute approximate surface area is 239 Å². The summed E-state index contributed by atoms with van der Waals surface area (Å²) in [4.78, 5) is 36.8. The van der Waals surface area contributed by atoms with E-state index < -0.39 is 30.2 Å². The van der Waals surface area contributed by atoms with Crippen molar-refractivity contribution in [2.45, 2.75) is 24.6 Å². The van der Waals surface area contributed by atoms with Crippen molar-refractivity contribution in [3.8, 4) is 6.01 Å². The largest absolute Gasteiger partial charge is 0.454 e. The van der Waals surface area contributed by atoms with Crippen LogP contribution in [0.4, 0.5) is 30.8 Å². The zero-order valence-corrected chi connectivity index (χ0v) is 23.4. The maximum Gasteiger partial charge on any atom is 0.422 e. The van der Waals surface area contributed by atoms with Gasteiger partial charge in [-0.25, -0.2) is 0 Å². The fourth-order valence-corrected chi connectivity index (χ4v) is 4.10. The summed E-state index contributed by atoms with van der Waals surface area (Å²) >= 11 is 6.00. The van der Waals surface area contributed by atoms with Crippen molar-refractivity contribution < 1.29 is 32.0 Å². The summed E-state index contributed by atoms with van der Waals surface area (Å²) in [6, 6.07) is 12.9. The topological polar surface area (TPSA) is 118 Å². The van der Waals surface area contributed by atoms with Crippen molar-refractivity contribution in [2.75, 3.05) is 51.5 Å². The molecule has 10 nitrogen and oxygen atoms in total. The van der Waals surface area contributed by atoms with Crippen LogP contribution in [-0.2, 0) is 10.3 Å². The van der Waals surface area contributed by atoms with Crippen LogP contribution in [0.5, 0.6) is 6.01 Å². The molecule has 0 aliphatic heterocycles. The minimum absolute atomic E-state index is 0.0293. The number of likely N-dealkylation sites (N-methyl/N-ethyl adjacent to an activating group) is 1. The summed E-state index contributed by atoms with van der Waals surface area (Å²) < 4.78 is 43.7. The van der Waals surface area contributed by atoms with Crippen LogP contribution >= 0.6 is 11.6 Å². The Morgan fingerprint density at radius 3 is 2.20 bits per heavy atom. The monoisotopic (exact) mass is 592 g/mol. The molecule has 4 rings (SSSR count). The summed E-state index contributed by atoms with van der Waals surface area (Å²) in [5.41, 5.74) is 1.22. The van der Waals surface area contributed by atoms with Gasteiger partial charge in [-0.05, 0) is 54.8 Å². The van der Waals surface area contributed by atoms with E-state index in [1.165, 1.54) is 12.1 Å². The molecular formula is C27H30ClF3N7O3+. The number of carbonyl (C=O) groups is 2. The van der Waals surface area contributed by atoms with E-state index in [4.69, 9.17) is 16.3 Å². The Hall–Kier alpha value is -3.97. The highest BCUT2D eigenvalue weighted by Gasteiger charge is 2.45. The van der Waals surface area contributed by atoms with E-state index in [1.54, 1.807) is 24.3 Å². The zero-order valence-electron chi connectivity index (χ0n) is 22.7. The van der Waals surface area contributed by atoms with Gasteiger partial charge >= 0.3 is 12.2 Å². The first-order chi connectivity index (χ1) is 19.2.